The number of likely N-dealkylation sites (N-methyl/N-ethyl adjacent to an activating group) is 1. The van der Waals surface area contributed by atoms with Crippen molar-refractivity contribution in [3.63, 3.8) is 0 Å². The molecule has 1 atom stereocenters. The first kappa shape index (κ1) is 10.4. The molecule has 1 N–H and O–H groups in total. The smallest absolute Gasteiger partial charge is 0.128 e. The Morgan fingerprint density at radius 1 is 1.60 bits per heavy atom. The molecule has 0 radical (unpaired) electrons. The lowest BCUT2D eigenvalue weighted by Gasteiger charge is -2.20. The molecule has 0 spiro atoms. The lowest BCUT2D eigenvalue weighted by atomic mass is 10.2. The van der Waals surface area contributed by atoms with Gasteiger partial charge in [0.25, 0.3) is 0 Å². The van der Waals surface area contributed by atoms with E-state index in [0.29, 0.717) is 6.04 Å². The largest absolute Gasteiger partial charge is 0.368 e. The van der Waals surface area contributed by atoms with Gasteiger partial charge in [-0.25, -0.2) is 4.98 Å². The second kappa shape index (κ2) is 4.62. The van der Waals surface area contributed by atoms with Crippen LogP contribution in [-0.2, 0) is 0 Å². The molecule has 3 heteroatoms. The minimum atomic E-state index is 0.673. The monoisotopic (exact) mass is 205 g/mol. The van der Waals surface area contributed by atoms with E-state index in [1.807, 2.05) is 12.3 Å². The molecule has 0 aromatic carbocycles. The summed E-state index contributed by atoms with van der Waals surface area (Å²) in [5.41, 5.74) is 1.22. The lowest BCUT2D eigenvalue weighted by molar-refractivity contribution is 0.322. The van der Waals surface area contributed by atoms with Gasteiger partial charge >= 0.3 is 0 Å². The van der Waals surface area contributed by atoms with Gasteiger partial charge in [0, 0.05) is 18.8 Å². The fourth-order valence-corrected chi connectivity index (χ4v) is 2.12. The van der Waals surface area contributed by atoms with Crippen molar-refractivity contribution in [3.05, 3.63) is 23.9 Å². The third kappa shape index (κ3) is 2.48. The average Bonchev–Trinajstić information content (AvgIpc) is 2.63. The Morgan fingerprint density at radius 3 is 3.13 bits per heavy atom. The number of nitrogens with zero attached hydrogens (tertiary/aromatic N) is 2. The van der Waals surface area contributed by atoms with Crippen LogP contribution in [0.25, 0.3) is 0 Å². The van der Waals surface area contributed by atoms with Crippen LogP contribution in [0.15, 0.2) is 18.3 Å². The number of hydrogen-bond donors (Lipinski definition) is 1. The Kier molecular flexibility index (Phi) is 3.21. The van der Waals surface area contributed by atoms with E-state index < -0.39 is 0 Å². The van der Waals surface area contributed by atoms with Gasteiger partial charge in [-0.1, -0.05) is 6.07 Å². The Hall–Kier alpha value is -1.09. The van der Waals surface area contributed by atoms with Gasteiger partial charge in [0.1, 0.15) is 5.82 Å². The van der Waals surface area contributed by atoms with Crippen molar-refractivity contribution in [1.82, 2.24) is 9.88 Å². The number of rotatable bonds is 3. The zero-order valence-electron chi connectivity index (χ0n) is 9.53. The Labute approximate surface area is 91.5 Å². The molecule has 2 heterocycles. The van der Waals surface area contributed by atoms with Crippen LogP contribution in [0.1, 0.15) is 18.4 Å². The van der Waals surface area contributed by atoms with Crippen molar-refractivity contribution >= 4 is 5.82 Å². The van der Waals surface area contributed by atoms with E-state index in [9.17, 15) is 0 Å². The zero-order chi connectivity index (χ0) is 10.7. The van der Waals surface area contributed by atoms with Crippen LogP contribution in [-0.4, -0.2) is 36.1 Å². The summed E-state index contributed by atoms with van der Waals surface area (Å²) < 4.78 is 0. The van der Waals surface area contributed by atoms with Gasteiger partial charge < -0.3 is 10.2 Å². The van der Waals surface area contributed by atoms with Crippen LogP contribution < -0.4 is 5.32 Å². The molecular weight excluding hydrogens is 186 g/mol. The summed E-state index contributed by atoms with van der Waals surface area (Å²) in [5.74, 6) is 1.03. The highest BCUT2D eigenvalue weighted by Gasteiger charge is 2.20. The number of anilines is 1. The van der Waals surface area contributed by atoms with Crippen molar-refractivity contribution in [1.29, 1.82) is 0 Å². The molecule has 1 fully saturated rings. The summed E-state index contributed by atoms with van der Waals surface area (Å²) in [6.45, 7) is 4.33. The van der Waals surface area contributed by atoms with Gasteiger partial charge in [0.15, 0.2) is 0 Å². The van der Waals surface area contributed by atoms with Gasteiger partial charge in [-0.3, -0.25) is 0 Å². The van der Waals surface area contributed by atoms with Crippen LogP contribution in [0.2, 0.25) is 0 Å². The third-order valence-corrected chi connectivity index (χ3v) is 3.19. The van der Waals surface area contributed by atoms with E-state index in [0.717, 1.165) is 12.4 Å². The van der Waals surface area contributed by atoms with E-state index in [1.165, 1.54) is 24.9 Å². The van der Waals surface area contributed by atoms with Crippen LogP contribution in [0.4, 0.5) is 5.82 Å². The summed E-state index contributed by atoms with van der Waals surface area (Å²) in [7, 11) is 2.20. The highest BCUT2D eigenvalue weighted by molar-refractivity contribution is 5.42. The molecule has 1 aromatic heterocycles. The fourth-order valence-electron chi connectivity index (χ4n) is 2.12. The number of aryl methyl sites for hydroxylation is 1. The molecular formula is C12H19N3. The minimum Gasteiger partial charge on any atom is -0.368 e. The Morgan fingerprint density at radius 2 is 2.47 bits per heavy atom. The van der Waals surface area contributed by atoms with Crippen molar-refractivity contribution < 1.29 is 0 Å². The standard InChI is InChI=1S/C12H19N3/c1-10-5-3-7-13-12(10)14-9-11-6-4-8-15(11)2/h3,5,7,11H,4,6,8-9H2,1-2H3,(H,13,14). The molecule has 0 aliphatic carbocycles. The van der Waals surface area contributed by atoms with Crippen LogP contribution >= 0.6 is 0 Å². The number of hydrogen-bond acceptors (Lipinski definition) is 3. The van der Waals surface area contributed by atoms with E-state index >= 15 is 0 Å². The number of pyridine rings is 1. The Balaban J connectivity index is 1.90. The molecule has 1 saturated heterocycles. The van der Waals surface area contributed by atoms with Crippen molar-refractivity contribution in [2.24, 2.45) is 0 Å². The van der Waals surface area contributed by atoms with Crippen LogP contribution in [0.5, 0.6) is 0 Å². The van der Waals surface area contributed by atoms with E-state index in [1.54, 1.807) is 0 Å². The van der Waals surface area contributed by atoms with E-state index in [-0.39, 0.29) is 0 Å². The van der Waals surface area contributed by atoms with Gasteiger partial charge in [-0.15, -0.1) is 0 Å². The summed E-state index contributed by atoms with van der Waals surface area (Å²) in [4.78, 5) is 6.76. The first-order valence-electron chi connectivity index (χ1n) is 5.63. The highest BCUT2D eigenvalue weighted by Crippen LogP contribution is 2.16. The number of likely N-dealkylation sites (tertiary alicyclic amines) is 1. The molecule has 1 unspecified atom stereocenters. The molecule has 3 nitrogen and oxygen atoms in total. The molecule has 82 valence electrons. The van der Waals surface area contributed by atoms with Crippen molar-refractivity contribution in [2.45, 2.75) is 25.8 Å². The molecule has 1 aliphatic heterocycles. The molecule has 0 saturated carbocycles. The second-order valence-corrected chi connectivity index (χ2v) is 4.33. The van der Waals surface area contributed by atoms with Gasteiger partial charge in [-0.2, -0.15) is 0 Å². The van der Waals surface area contributed by atoms with Gasteiger partial charge in [-0.05, 0) is 45.0 Å². The maximum atomic E-state index is 4.33. The molecule has 0 bridgehead atoms. The number of nitrogens with one attached hydrogen (secondary N) is 1. The predicted molar refractivity (Wildman–Crippen MR) is 63.1 cm³/mol. The zero-order valence-corrected chi connectivity index (χ0v) is 9.53. The summed E-state index contributed by atoms with van der Waals surface area (Å²) in [6.07, 6.45) is 4.47. The first-order chi connectivity index (χ1) is 7.27. The average molecular weight is 205 g/mol. The molecule has 2 rings (SSSR count). The maximum absolute atomic E-state index is 4.33. The third-order valence-electron chi connectivity index (χ3n) is 3.19. The highest BCUT2D eigenvalue weighted by atomic mass is 15.2. The fraction of sp³-hybridized carbons (Fsp3) is 0.583. The summed E-state index contributed by atoms with van der Waals surface area (Å²) >= 11 is 0. The lowest BCUT2D eigenvalue weighted by Crippen LogP contribution is -2.31. The summed E-state index contributed by atoms with van der Waals surface area (Å²) in [6, 6.07) is 4.74. The Bertz CT molecular complexity index is 324. The van der Waals surface area contributed by atoms with Crippen molar-refractivity contribution in [3.8, 4) is 0 Å². The summed E-state index contributed by atoms with van der Waals surface area (Å²) in [5, 5.41) is 3.43. The van der Waals surface area contributed by atoms with Gasteiger partial charge in [0.05, 0.1) is 0 Å². The molecule has 1 aliphatic rings. The topological polar surface area (TPSA) is 28.2 Å². The molecule has 1 aromatic rings. The maximum Gasteiger partial charge on any atom is 0.128 e. The molecule has 15 heavy (non-hydrogen) atoms. The SMILES string of the molecule is Cc1cccnc1NCC1CCCN1C. The number of aromatic nitrogens is 1. The normalized spacial score (nSPS) is 21.9. The molecule has 0 amide bonds. The van der Waals surface area contributed by atoms with E-state index in [2.05, 4.69) is 35.2 Å². The van der Waals surface area contributed by atoms with Crippen molar-refractivity contribution in [2.75, 3.05) is 25.5 Å². The van der Waals surface area contributed by atoms with Crippen LogP contribution in [0, 0.1) is 6.92 Å². The second-order valence-electron chi connectivity index (χ2n) is 4.33. The van der Waals surface area contributed by atoms with E-state index in [4.69, 9.17) is 0 Å². The minimum absolute atomic E-state index is 0.673. The first-order valence-corrected chi connectivity index (χ1v) is 5.63. The van der Waals surface area contributed by atoms with Gasteiger partial charge in [0.2, 0.25) is 0 Å². The predicted octanol–water partition coefficient (Wildman–Crippen LogP) is 1.90. The van der Waals surface area contributed by atoms with Crippen LogP contribution in [0.3, 0.4) is 0 Å². The quantitative estimate of drug-likeness (QED) is 0.817.